The number of carboxylic acids is 1. The number of nitrogens with zero attached hydrogens (tertiary/aromatic N) is 1. The summed E-state index contributed by atoms with van der Waals surface area (Å²) in [5, 5.41) is 9.76. The summed E-state index contributed by atoms with van der Waals surface area (Å²) in [6.07, 6.45) is 1.63. The van der Waals surface area contributed by atoms with Crippen molar-refractivity contribution in [3.8, 4) is 0 Å². The number of H-pyrrole nitrogens is 1. The molecule has 0 aliphatic heterocycles. The number of thioether (sulfide) groups is 1. The summed E-state index contributed by atoms with van der Waals surface area (Å²) in [4.78, 5) is 31.1. The van der Waals surface area contributed by atoms with Crippen LogP contribution in [0.15, 0.2) is 16.0 Å². The van der Waals surface area contributed by atoms with E-state index in [-0.39, 0.29) is 12.0 Å². The largest absolute Gasteiger partial charge is 0.481 e. The zero-order chi connectivity index (χ0) is 13.8. The number of thiophene rings is 1. The number of aromatic nitrogens is 2. The first-order valence-corrected chi connectivity index (χ1v) is 7.71. The van der Waals surface area contributed by atoms with Gasteiger partial charge in [-0.2, -0.15) is 0 Å². The van der Waals surface area contributed by atoms with Crippen molar-refractivity contribution in [1.82, 2.24) is 9.97 Å². The number of aromatic amines is 1. The average molecular weight is 298 g/mol. The first kappa shape index (κ1) is 14.1. The number of fused-ring (bicyclic) bond motifs is 1. The fourth-order valence-corrected chi connectivity index (χ4v) is 3.45. The second kappa shape index (κ2) is 6.21. The molecule has 0 atom stereocenters. The lowest BCUT2D eigenvalue weighted by atomic mass is 10.3. The van der Waals surface area contributed by atoms with Crippen LogP contribution in [0.4, 0.5) is 0 Å². The lowest BCUT2D eigenvalue weighted by Gasteiger charge is -2.00. The first-order valence-electron chi connectivity index (χ1n) is 5.91. The number of unbranched alkanes of at least 4 members (excludes halogenated alkanes) is 1. The number of nitrogens with one attached hydrogen (secondary N) is 1. The summed E-state index contributed by atoms with van der Waals surface area (Å²) in [6.45, 7) is 1.95. The van der Waals surface area contributed by atoms with E-state index in [1.807, 2.05) is 13.0 Å². The molecular weight excluding hydrogens is 284 g/mol. The Bertz CT molecular complexity index is 648. The van der Waals surface area contributed by atoms with Crippen molar-refractivity contribution >= 4 is 39.3 Å². The van der Waals surface area contributed by atoms with E-state index in [0.29, 0.717) is 17.0 Å². The molecule has 0 aromatic carbocycles. The van der Waals surface area contributed by atoms with Crippen molar-refractivity contribution in [1.29, 1.82) is 0 Å². The molecule has 0 saturated carbocycles. The van der Waals surface area contributed by atoms with Crippen LogP contribution in [0.2, 0.25) is 0 Å². The van der Waals surface area contributed by atoms with Crippen molar-refractivity contribution in [2.75, 3.05) is 5.75 Å². The third-order valence-corrected chi connectivity index (χ3v) is 4.43. The quantitative estimate of drug-likeness (QED) is 0.486. The first-order chi connectivity index (χ1) is 9.06. The summed E-state index contributed by atoms with van der Waals surface area (Å²) in [6, 6.07) is 1.84. The molecule has 2 N–H and O–H groups in total. The van der Waals surface area contributed by atoms with Gasteiger partial charge in [-0.15, -0.1) is 11.3 Å². The maximum Gasteiger partial charge on any atom is 0.303 e. The van der Waals surface area contributed by atoms with Crippen LogP contribution >= 0.6 is 23.1 Å². The minimum atomic E-state index is -0.771. The molecule has 0 aliphatic rings. The second-order valence-electron chi connectivity index (χ2n) is 4.15. The molecule has 2 aromatic rings. The van der Waals surface area contributed by atoms with E-state index in [1.54, 1.807) is 0 Å². The minimum Gasteiger partial charge on any atom is -0.481 e. The number of hydrogen-bond acceptors (Lipinski definition) is 5. The molecular formula is C12H14N2O3S2. The SMILES string of the molecule is Cc1cc2c(=O)[nH]c(SCCCCC(=O)O)nc2s1. The molecule has 7 heteroatoms. The molecule has 0 amide bonds. The zero-order valence-corrected chi connectivity index (χ0v) is 12.1. The van der Waals surface area contributed by atoms with Crippen LogP contribution in [0, 0.1) is 6.92 Å². The predicted molar refractivity (Wildman–Crippen MR) is 77.2 cm³/mol. The molecule has 102 valence electrons. The van der Waals surface area contributed by atoms with E-state index < -0.39 is 5.97 Å². The van der Waals surface area contributed by atoms with Gasteiger partial charge in [0, 0.05) is 17.1 Å². The van der Waals surface area contributed by atoms with Gasteiger partial charge < -0.3 is 10.1 Å². The van der Waals surface area contributed by atoms with Gasteiger partial charge in [0.25, 0.3) is 5.56 Å². The van der Waals surface area contributed by atoms with Crippen LogP contribution in [0.5, 0.6) is 0 Å². The molecule has 2 heterocycles. The predicted octanol–water partition coefficient (Wildman–Crippen LogP) is 2.64. The normalized spacial score (nSPS) is 11.0. The Labute approximate surface area is 118 Å². The second-order valence-corrected chi connectivity index (χ2v) is 6.46. The summed E-state index contributed by atoms with van der Waals surface area (Å²) in [7, 11) is 0. The summed E-state index contributed by atoms with van der Waals surface area (Å²) >= 11 is 2.96. The van der Waals surface area contributed by atoms with Gasteiger partial charge in [0.1, 0.15) is 4.83 Å². The van der Waals surface area contributed by atoms with Crippen molar-refractivity contribution in [2.45, 2.75) is 31.3 Å². The molecule has 2 rings (SSSR count). The van der Waals surface area contributed by atoms with E-state index in [1.165, 1.54) is 23.1 Å². The highest BCUT2D eigenvalue weighted by atomic mass is 32.2. The van der Waals surface area contributed by atoms with Gasteiger partial charge in [-0.25, -0.2) is 4.98 Å². The minimum absolute atomic E-state index is 0.109. The van der Waals surface area contributed by atoms with Gasteiger partial charge in [-0.3, -0.25) is 9.59 Å². The molecule has 0 fully saturated rings. The van der Waals surface area contributed by atoms with Crippen LogP contribution in [0.1, 0.15) is 24.1 Å². The van der Waals surface area contributed by atoms with Gasteiger partial charge in [-0.1, -0.05) is 11.8 Å². The lowest BCUT2D eigenvalue weighted by Crippen LogP contribution is -2.07. The van der Waals surface area contributed by atoms with Gasteiger partial charge in [0.05, 0.1) is 5.39 Å². The van der Waals surface area contributed by atoms with Crippen molar-refractivity contribution < 1.29 is 9.90 Å². The smallest absolute Gasteiger partial charge is 0.303 e. The maximum atomic E-state index is 11.8. The van der Waals surface area contributed by atoms with Crippen molar-refractivity contribution in [3.63, 3.8) is 0 Å². The molecule has 0 unspecified atom stereocenters. The third kappa shape index (κ3) is 3.81. The Morgan fingerprint density at radius 1 is 1.53 bits per heavy atom. The number of hydrogen-bond donors (Lipinski definition) is 2. The number of rotatable bonds is 6. The highest BCUT2D eigenvalue weighted by molar-refractivity contribution is 7.99. The summed E-state index contributed by atoms with van der Waals surface area (Å²) in [5.41, 5.74) is -0.109. The van der Waals surface area contributed by atoms with Gasteiger partial charge in [-0.05, 0) is 25.8 Å². The molecule has 0 bridgehead atoms. The highest BCUT2D eigenvalue weighted by Crippen LogP contribution is 2.22. The molecule has 0 spiro atoms. The third-order valence-electron chi connectivity index (χ3n) is 2.53. The van der Waals surface area contributed by atoms with Crippen molar-refractivity contribution in [2.24, 2.45) is 0 Å². The van der Waals surface area contributed by atoms with Crippen LogP contribution < -0.4 is 5.56 Å². The molecule has 2 aromatic heterocycles. The van der Waals surface area contributed by atoms with Gasteiger partial charge in [0.15, 0.2) is 5.16 Å². The van der Waals surface area contributed by atoms with E-state index in [4.69, 9.17) is 5.11 Å². The Morgan fingerprint density at radius 2 is 2.32 bits per heavy atom. The molecule has 5 nitrogen and oxygen atoms in total. The fraction of sp³-hybridized carbons (Fsp3) is 0.417. The number of carboxylic acid groups (broad SMARTS) is 1. The zero-order valence-electron chi connectivity index (χ0n) is 10.4. The molecule has 0 saturated heterocycles. The van der Waals surface area contributed by atoms with Gasteiger partial charge in [0.2, 0.25) is 0 Å². The van der Waals surface area contributed by atoms with E-state index in [9.17, 15) is 9.59 Å². The topological polar surface area (TPSA) is 83.0 Å². The van der Waals surface area contributed by atoms with E-state index in [2.05, 4.69) is 9.97 Å². The maximum absolute atomic E-state index is 11.8. The summed E-state index contributed by atoms with van der Waals surface area (Å²) in [5.74, 6) is -0.0152. The van der Waals surface area contributed by atoms with Crippen LogP contribution in [0.3, 0.4) is 0 Å². The fourth-order valence-electron chi connectivity index (χ4n) is 1.65. The molecule has 0 radical (unpaired) electrons. The van der Waals surface area contributed by atoms with E-state index in [0.717, 1.165) is 21.9 Å². The Morgan fingerprint density at radius 3 is 3.05 bits per heavy atom. The number of aryl methyl sites for hydroxylation is 1. The number of carbonyl (C=O) groups is 1. The standard InChI is InChI=1S/C12H14N2O3S2/c1-7-6-8-10(17)13-12(14-11(8)19-7)18-5-3-2-4-9(15)16/h6H,2-5H2,1H3,(H,15,16)(H,13,14,17). The highest BCUT2D eigenvalue weighted by Gasteiger charge is 2.07. The van der Waals surface area contributed by atoms with Crippen LogP contribution in [-0.4, -0.2) is 26.8 Å². The monoisotopic (exact) mass is 298 g/mol. The molecule has 0 aliphatic carbocycles. The Balaban J connectivity index is 1.97. The van der Waals surface area contributed by atoms with Crippen molar-refractivity contribution in [3.05, 3.63) is 21.3 Å². The lowest BCUT2D eigenvalue weighted by molar-refractivity contribution is -0.137. The van der Waals surface area contributed by atoms with Crippen LogP contribution in [-0.2, 0) is 4.79 Å². The number of aliphatic carboxylic acids is 1. The van der Waals surface area contributed by atoms with E-state index >= 15 is 0 Å². The Hall–Kier alpha value is -1.34. The van der Waals surface area contributed by atoms with Crippen LogP contribution in [0.25, 0.3) is 10.2 Å². The molecule has 19 heavy (non-hydrogen) atoms. The average Bonchev–Trinajstić information content (AvgIpc) is 2.69. The summed E-state index contributed by atoms with van der Waals surface area (Å²) < 4.78 is 0. The Kier molecular flexibility index (Phi) is 4.60. The van der Waals surface area contributed by atoms with Gasteiger partial charge >= 0.3 is 5.97 Å².